The second kappa shape index (κ2) is 5.66. The van der Waals surface area contributed by atoms with Gasteiger partial charge in [0.2, 0.25) is 0 Å². The quantitative estimate of drug-likeness (QED) is 0.742. The summed E-state index contributed by atoms with van der Waals surface area (Å²) in [5, 5.41) is 11.1. The summed E-state index contributed by atoms with van der Waals surface area (Å²) in [6.45, 7) is -1.11. The highest BCUT2D eigenvalue weighted by atomic mass is 19.3. The van der Waals surface area contributed by atoms with Crippen LogP contribution >= 0.6 is 0 Å². The number of carboxylic acid groups (broad SMARTS) is 1. The minimum absolute atomic E-state index is 0.217. The number of carboxylic acids is 1. The molecule has 0 amide bonds. The molecule has 2 atom stereocenters. The lowest BCUT2D eigenvalue weighted by atomic mass is 9.86. The lowest BCUT2D eigenvalue weighted by Crippen LogP contribution is -2.45. The fourth-order valence-corrected chi connectivity index (χ4v) is 1.96. The summed E-state index contributed by atoms with van der Waals surface area (Å²) in [5.74, 6) is -5.59. The molecule has 0 bridgehead atoms. The molecule has 1 aliphatic rings. The molecule has 1 rings (SSSR count). The van der Waals surface area contributed by atoms with E-state index in [2.05, 4.69) is 5.32 Å². The number of aliphatic carboxylic acids is 1. The van der Waals surface area contributed by atoms with E-state index >= 15 is 0 Å². The lowest BCUT2D eigenvalue weighted by molar-refractivity contribution is -0.143. The number of halogens is 4. The van der Waals surface area contributed by atoms with Crippen molar-refractivity contribution >= 4 is 5.97 Å². The molecule has 0 aromatic heterocycles. The van der Waals surface area contributed by atoms with Crippen molar-refractivity contribution in [1.29, 1.82) is 0 Å². The van der Waals surface area contributed by atoms with Crippen LogP contribution in [-0.4, -0.2) is 36.0 Å². The molecule has 17 heavy (non-hydrogen) atoms. The summed E-state index contributed by atoms with van der Waals surface area (Å²) in [6.07, 6.45) is -1.82. The minimum Gasteiger partial charge on any atom is -0.481 e. The van der Waals surface area contributed by atoms with Crippen LogP contribution in [0.2, 0.25) is 0 Å². The largest absolute Gasteiger partial charge is 0.481 e. The molecule has 100 valence electrons. The van der Waals surface area contributed by atoms with Gasteiger partial charge in [0, 0.05) is 6.04 Å². The summed E-state index contributed by atoms with van der Waals surface area (Å²) < 4.78 is 49.0. The van der Waals surface area contributed by atoms with Crippen molar-refractivity contribution in [2.24, 2.45) is 5.92 Å². The highest BCUT2D eigenvalue weighted by Crippen LogP contribution is 2.26. The third-order valence-electron chi connectivity index (χ3n) is 2.97. The van der Waals surface area contributed by atoms with Crippen LogP contribution < -0.4 is 5.32 Å². The Labute approximate surface area is 96.2 Å². The Kier molecular flexibility index (Phi) is 4.73. The third-order valence-corrected chi connectivity index (χ3v) is 2.97. The molecule has 0 aromatic rings. The van der Waals surface area contributed by atoms with Crippen LogP contribution in [0.25, 0.3) is 0 Å². The predicted octanol–water partition coefficient (Wildman–Crippen LogP) is 2.12. The van der Waals surface area contributed by atoms with E-state index < -0.39 is 36.8 Å². The molecule has 0 radical (unpaired) electrons. The predicted molar refractivity (Wildman–Crippen MR) is 52.3 cm³/mol. The van der Waals surface area contributed by atoms with Crippen molar-refractivity contribution in [3.05, 3.63) is 0 Å². The molecule has 1 saturated carbocycles. The number of carbonyl (C=O) groups is 1. The SMILES string of the molecule is O=C(O)C1CCCC(NCC(F)(F)C(F)F)C1. The first kappa shape index (κ1) is 14.2. The number of hydrogen-bond acceptors (Lipinski definition) is 2. The molecule has 0 heterocycles. The van der Waals surface area contributed by atoms with Crippen molar-refractivity contribution in [3.63, 3.8) is 0 Å². The first-order chi connectivity index (χ1) is 7.83. The highest BCUT2D eigenvalue weighted by Gasteiger charge is 2.41. The van der Waals surface area contributed by atoms with Gasteiger partial charge in [-0.15, -0.1) is 0 Å². The smallest absolute Gasteiger partial charge is 0.319 e. The maximum atomic E-state index is 12.6. The zero-order valence-electron chi connectivity index (χ0n) is 9.13. The van der Waals surface area contributed by atoms with Crippen molar-refractivity contribution < 1.29 is 27.5 Å². The van der Waals surface area contributed by atoms with E-state index in [1.54, 1.807) is 0 Å². The van der Waals surface area contributed by atoms with Gasteiger partial charge in [0.15, 0.2) is 0 Å². The van der Waals surface area contributed by atoms with Crippen molar-refractivity contribution in [1.82, 2.24) is 5.32 Å². The van der Waals surface area contributed by atoms with Gasteiger partial charge in [0.1, 0.15) is 0 Å². The average molecular weight is 257 g/mol. The minimum atomic E-state index is -4.06. The Balaban J connectivity index is 2.39. The average Bonchev–Trinajstić information content (AvgIpc) is 2.26. The topological polar surface area (TPSA) is 49.3 Å². The van der Waals surface area contributed by atoms with Crippen LogP contribution in [0.1, 0.15) is 25.7 Å². The summed E-state index contributed by atoms with van der Waals surface area (Å²) in [4.78, 5) is 10.7. The number of alkyl halides is 4. The van der Waals surface area contributed by atoms with Crippen LogP contribution in [0.5, 0.6) is 0 Å². The Morgan fingerprint density at radius 2 is 2.06 bits per heavy atom. The molecule has 0 spiro atoms. The van der Waals surface area contributed by atoms with Gasteiger partial charge in [0.25, 0.3) is 0 Å². The zero-order valence-corrected chi connectivity index (χ0v) is 9.13. The fraction of sp³-hybridized carbons (Fsp3) is 0.900. The van der Waals surface area contributed by atoms with Crippen molar-refractivity contribution in [2.45, 2.75) is 44.1 Å². The molecule has 7 heteroatoms. The Morgan fingerprint density at radius 3 is 2.59 bits per heavy atom. The fourth-order valence-electron chi connectivity index (χ4n) is 1.96. The van der Waals surface area contributed by atoms with Crippen LogP contribution in [0.15, 0.2) is 0 Å². The van der Waals surface area contributed by atoms with E-state index in [1.807, 2.05) is 0 Å². The Hall–Kier alpha value is -0.850. The molecule has 2 N–H and O–H groups in total. The molecule has 0 saturated heterocycles. The van der Waals surface area contributed by atoms with Crippen molar-refractivity contribution in [2.75, 3.05) is 6.54 Å². The standard InChI is InChI=1S/C10H15F4NO2/c11-9(12)10(13,14)5-15-7-3-1-2-6(4-7)8(16)17/h6-7,9,15H,1-5H2,(H,16,17). The first-order valence-corrected chi connectivity index (χ1v) is 5.45. The molecule has 1 fully saturated rings. The van der Waals surface area contributed by atoms with Gasteiger partial charge in [-0.1, -0.05) is 6.42 Å². The van der Waals surface area contributed by atoms with E-state index in [0.717, 1.165) is 0 Å². The van der Waals surface area contributed by atoms with Crippen LogP contribution in [0.3, 0.4) is 0 Å². The van der Waals surface area contributed by atoms with Crippen LogP contribution in [-0.2, 0) is 4.79 Å². The Bertz CT molecular complexity index is 273. The maximum absolute atomic E-state index is 12.6. The normalized spacial score (nSPS) is 26.2. The van der Waals surface area contributed by atoms with Crippen LogP contribution in [0.4, 0.5) is 17.6 Å². The van der Waals surface area contributed by atoms with Gasteiger partial charge in [-0.2, -0.15) is 8.78 Å². The molecule has 0 aliphatic heterocycles. The molecular formula is C10H15F4NO2. The van der Waals surface area contributed by atoms with Gasteiger partial charge in [-0.3, -0.25) is 4.79 Å². The lowest BCUT2D eigenvalue weighted by Gasteiger charge is -2.28. The number of rotatable bonds is 5. The van der Waals surface area contributed by atoms with E-state index in [-0.39, 0.29) is 6.42 Å². The van der Waals surface area contributed by atoms with E-state index in [0.29, 0.717) is 19.3 Å². The summed E-state index contributed by atoms with van der Waals surface area (Å²) >= 11 is 0. The van der Waals surface area contributed by atoms with Crippen LogP contribution in [0, 0.1) is 5.92 Å². The molecule has 2 unspecified atom stereocenters. The zero-order chi connectivity index (χ0) is 13.1. The summed E-state index contributed by atoms with van der Waals surface area (Å²) in [6, 6.07) is -0.422. The van der Waals surface area contributed by atoms with Gasteiger partial charge in [-0.25, -0.2) is 8.78 Å². The summed E-state index contributed by atoms with van der Waals surface area (Å²) in [5.41, 5.74) is 0. The highest BCUT2D eigenvalue weighted by molar-refractivity contribution is 5.70. The van der Waals surface area contributed by atoms with Crippen molar-refractivity contribution in [3.8, 4) is 0 Å². The van der Waals surface area contributed by atoms with Gasteiger partial charge < -0.3 is 10.4 Å². The number of hydrogen-bond donors (Lipinski definition) is 2. The van der Waals surface area contributed by atoms with E-state index in [4.69, 9.17) is 5.11 Å². The monoisotopic (exact) mass is 257 g/mol. The van der Waals surface area contributed by atoms with E-state index in [9.17, 15) is 22.4 Å². The number of nitrogens with one attached hydrogen (secondary N) is 1. The molecular weight excluding hydrogens is 242 g/mol. The maximum Gasteiger partial charge on any atom is 0.319 e. The summed E-state index contributed by atoms with van der Waals surface area (Å²) in [7, 11) is 0. The van der Waals surface area contributed by atoms with Gasteiger partial charge in [0.05, 0.1) is 12.5 Å². The molecule has 1 aliphatic carbocycles. The second-order valence-corrected chi connectivity index (χ2v) is 4.34. The third kappa shape index (κ3) is 4.14. The molecule has 3 nitrogen and oxygen atoms in total. The van der Waals surface area contributed by atoms with E-state index in [1.165, 1.54) is 0 Å². The van der Waals surface area contributed by atoms with Gasteiger partial charge >= 0.3 is 18.3 Å². The Morgan fingerprint density at radius 1 is 1.41 bits per heavy atom. The first-order valence-electron chi connectivity index (χ1n) is 5.45. The second-order valence-electron chi connectivity index (χ2n) is 4.34. The van der Waals surface area contributed by atoms with Gasteiger partial charge in [-0.05, 0) is 19.3 Å². The molecule has 0 aromatic carbocycles.